The highest BCUT2D eigenvalue weighted by molar-refractivity contribution is 5.95. The van der Waals surface area contributed by atoms with Crippen molar-refractivity contribution < 1.29 is 45.8 Å². The summed E-state index contributed by atoms with van der Waals surface area (Å²) in [6, 6.07) is 6.68. The Balaban J connectivity index is 1.99. The van der Waals surface area contributed by atoms with Gasteiger partial charge in [-0.2, -0.15) is 26.3 Å². The first-order valence-corrected chi connectivity index (χ1v) is 10.4. The van der Waals surface area contributed by atoms with Crippen LogP contribution in [-0.2, 0) is 12.4 Å². The third kappa shape index (κ3) is 5.80. The van der Waals surface area contributed by atoms with Crippen molar-refractivity contribution in [2.75, 3.05) is 27.2 Å². The van der Waals surface area contributed by atoms with Crippen LogP contribution in [-0.4, -0.2) is 60.2 Å². The molecular weight excluding hydrogens is 482 g/mol. The Morgan fingerprint density at radius 1 is 1.00 bits per heavy atom. The number of nitrogens with zero attached hydrogens (tertiary/aromatic N) is 2. The lowest BCUT2D eigenvalue weighted by molar-refractivity contribution is -0.143. The van der Waals surface area contributed by atoms with Gasteiger partial charge in [0.25, 0.3) is 5.91 Å². The number of piperidine rings is 1. The molecule has 0 radical (unpaired) electrons. The van der Waals surface area contributed by atoms with Crippen LogP contribution in [0.1, 0.15) is 39.4 Å². The molecule has 1 fully saturated rings. The molecule has 190 valence electrons. The van der Waals surface area contributed by atoms with E-state index in [1.54, 1.807) is 24.3 Å². The van der Waals surface area contributed by atoms with Crippen LogP contribution >= 0.6 is 0 Å². The van der Waals surface area contributed by atoms with Crippen LogP contribution in [0.15, 0.2) is 42.5 Å². The Kier molecular flexibility index (Phi) is 7.23. The molecule has 2 amide bonds. The minimum Gasteiger partial charge on any atom is -0.497 e. The van der Waals surface area contributed by atoms with Crippen LogP contribution < -0.4 is 4.74 Å². The van der Waals surface area contributed by atoms with E-state index in [1.165, 1.54) is 14.2 Å². The van der Waals surface area contributed by atoms with Crippen molar-refractivity contribution >= 4 is 12.0 Å². The van der Waals surface area contributed by atoms with Crippen molar-refractivity contribution in [2.24, 2.45) is 0 Å². The molecule has 1 aliphatic rings. The monoisotopic (exact) mass is 504 g/mol. The smallest absolute Gasteiger partial charge is 0.416 e. The van der Waals surface area contributed by atoms with Crippen LogP contribution in [0.4, 0.5) is 31.1 Å². The Morgan fingerprint density at radius 3 is 2.00 bits per heavy atom. The summed E-state index contributed by atoms with van der Waals surface area (Å²) in [6.45, 7) is 0.0288. The number of alkyl halides is 6. The van der Waals surface area contributed by atoms with Gasteiger partial charge in [0.2, 0.25) is 0 Å². The summed E-state index contributed by atoms with van der Waals surface area (Å²) in [5.41, 5.74) is -3.29. The molecule has 0 bridgehead atoms. The predicted molar refractivity (Wildman–Crippen MR) is 112 cm³/mol. The second kappa shape index (κ2) is 9.67. The summed E-state index contributed by atoms with van der Waals surface area (Å²) in [5.74, 6) is -1.08. The fourth-order valence-corrected chi connectivity index (χ4v) is 4.19. The molecule has 1 aliphatic heterocycles. The van der Waals surface area contributed by atoms with Crippen molar-refractivity contribution in [2.45, 2.75) is 30.7 Å². The fourth-order valence-electron chi connectivity index (χ4n) is 4.19. The number of carbonyl (C=O) groups excluding carboxylic acids is 1. The molecule has 1 N–H and O–H groups in total. The second-order valence-electron chi connectivity index (χ2n) is 8.17. The number of hydrogen-bond donors (Lipinski definition) is 1. The van der Waals surface area contributed by atoms with Crippen molar-refractivity contribution in [3.8, 4) is 5.75 Å². The summed E-state index contributed by atoms with van der Waals surface area (Å²) < 4.78 is 84.6. The van der Waals surface area contributed by atoms with Gasteiger partial charge in [-0.1, -0.05) is 12.1 Å². The average molecular weight is 504 g/mol. The highest BCUT2D eigenvalue weighted by atomic mass is 19.4. The van der Waals surface area contributed by atoms with E-state index in [2.05, 4.69) is 0 Å². The Hall–Kier alpha value is -3.44. The largest absolute Gasteiger partial charge is 0.497 e. The SMILES string of the molecule is COc1ccc(C2CN(C(=O)O)CCC2N(C)C(=O)c2cc(C(F)(F)F)cc(C(F)(F)F)c2)cc1. The summed E-state index contributed by atoms with van der Waals surface area (Å²) in [6.07, 6.45) is -11.2. The number of carbonyl (C=O) groups is 2. The number of rotatable bonds is 4. The standard InChI is InChI=1S/C23H22F6N2O4/c1-30(20(32)14-9-15(22(24,25)26)11-16(10-14)23(27,28)29)19-7-8-31(21(33)34)12-18(19)13-3-5-17(35-2)6-4-13/h3-6,9-11,18-19H,7-8,12H2,1-2H3,(H,33,34). The minimum absolute atomic E-state index is 0.0136. The van der Waals surface area contributed by atoms with Gasteiger partial charge >= 0.3 is 18.4 Å². The van der Waals surface area contributed by atoms with Crippen molar-refractivity contribution in [3.05, 3.63) is 64.7 Å². The zero-order chi connectivity index (χ0) is 26.1. The zero-order valence-electron chi connectivity index (χ0n) is 18.7. The van der Waals surface area contributed by atoms with Crippen LogP contribution in [0.3, 0.4) is 0 Å². The molecule has 2 aromatic rings. The summed E-state index contributed by atoms with van der Waals surface area (Å²) in [5, 5.41) is 9.42. The topological polar surface area (TPSA) is 70.1 Å². The van der Waals surface area contributed by atoms with E-state index in [4.69, 9.17) is 4.74 Å². The number of benzene rings is 2. The van der Waals surface area contributed by atoms with Gasteiger partial charge in [-0.15, -0.1) is 0 Å². The van der Waals surface area contributed by atoms with E-state index < -0.39 is 53.0 Å². The van der Waals surface area contributed by atoms with Gasteiger partial charge in [0, 0.05) is 37.7 Å². The Labute approximate surface area is 196 Å². The van der Waals surface area contributed by atoms with Gasteiger partial charge < -0.3 is 19.6 Å². The molecule has 1 saturated heterocycles. The number of methoxy groups -OCH3 is 1. The fraction of sp³-hybridized carbons (Fsp3) is 0.391. The molecule has 6 nitrogen and oxygen atoms in total. The van der Waals surface area contributed by atoms with Crippen molar-refractivity contribution in [1.82, 2.24) is 9.80 Å². The van der Waals surface area contributed by atoms with Crippen LogP contribution in [0, 0.1) is 0 Å². The van der Waals surface area contributed by atoms with E-state index in [-0.39, 0.29) is 25.6 Å². The lowest BCUT2D eigenvalue weighted by Gasteiger charge is -2.42. The van der Waals surface area contributed by atoms with E-state index in [1.807, 2.05) is 0 Å². The van der Waals surface area contributed by atoms with E-state index in [0.29, 0.717) is 23.4 Å². The number of likely N-dealkylation sites (tertiary alicyclic amines) is 1. The molecule has 0 spiro atoms. The Bertz CT molecular complexity index is 1050. The maximum Gasteiger partial charge on any atom is 0.416 e. The van der Waals surface area contributed by atoms with E-state index in [0.717, 1.165) is 9.80 Å². The first-order chi connectivity index (χ1) is 16.2. The lowest BCUT2D eigenvalue weighted by atomic mass is 9.85. The first-order valence-electron chi connectivity index (χ1n) is 10.4. The van der Waals surface area contributed by atoms with Gasteiger partial charge in [0.1, 0.15) is 5.75 Å². The molecule has 3 rings (SSSR count). The van der Waals surface area contributed by atoms with Gasteiger partial charge in [-0.3, -0.25) is 4.79 Å². The molecule has 12 heteroatoms. The van der Waals surface area contributed by atoms with Gasteiger partial charge in [-0.25, -0.2) is 4.79 Å². The lowest BCUT2D eigenvalue weighted by Crippen LogP contribution is -2.51. The van der Waals surface area contributed by atoms with Gasteiger partial charge in [0.05, 0.1) is 18.2 Å². The van der Waals surface area contributed by atoms with E-state index >= 15 is 0 Å². The number of hydrogen-bond acceptors (Lipinski definition) is 3. The average Bonchev–Trinajstić information content (AvgIpc) is 2.81. The quantitative estimate of drug-likeness (QED) is 0.571. The third-order valence-corrected chi connectivity index (χ3v) is 6.04. The molecule has 0 aliphatic carbocycles. The molecular formula is C23H22F6N2O4. The molecule has 2 aromatic carbocycles. The maximum atomic E-state index is 13.3. The summed E-state index contributed by atoms with van der Waals surface area (Å²) in [4.78, 5) is 26.9. The number of carboxylic acid groups (broad SMARTS) is 1. The van der Waals surface area contributed by atoms with Crippen LogP contribution in [0.25, 0.3) is 0 Å². The predicted octanol–water partition coefficient (Wildman–Crippen LogP) is 5.34. The van der Waals surface area contributed by atoms with Crippen LogP contribution in [0.2, 0.25) is 0 Å². The third-order valence-electron chi connectivity index (χ3n) is 6.04. The van der Waals surface area contributed by atoms with E-state index in [9.17, 15) is 41.0 Å². The molecule has 2 unspecified atom stereocenters. The molecule has 0 aromatic heterocycles. The Morgan fingerprint density at radius 2 is 1.54 bits per heavy atom. The first kappa shape index (κ1) is 26.2. The molecule has 0 saturated carbocycles. The zero-order valence-corrected chi connectivity index (χ0v) is 18.7. The number of amides is 2. The second-order valence-corrected chi connectivity index (χ2v) is 8.17. The minimum atomic E-state index is -5.09. The number of halogens is 6. The highest BCUT2D eigenvalue weighted by Crippen LogP contribution is 2.37. The summed E-state index contributed by atoms with van der Waals surface area (Å²) >= 11 is 0. The molecule has 2 atom stereocenters. The summed E-state index contributed by atoms with van der Waals surface area (Å²) in [7, 11) is 2.74. The number of likely N-dealkylation sites (N-methyl/N-ethyl adjacent to an activating group) is 1. The van der Waals surface area contributed by atoms with Gasteiger partial charge in [-0.05, 0) is 42.3 Å². The molecule has 35 heavy (non-hydrogen) atoms. The number of ether oxygens (including phenoxy) is 1. The van der Waals surface area contributed by atoms with Crippen LogP contribution in [0.5, 0.6) is 5.75 Å². The normalized spacial score (nSPS) is 18.8. The highest BCUT2D eigenvalue weighted by Gasteiger charge is 2.40. The maximum absolute atomic E-state index is 13.3. The van der Waals surface area contributed by atoms with Gasteiger partial charge in [0.15, 0.2) is 0 Å². The van der Waals surface area contributed by atoms with Crippen molar-refractivity contribution in [1.29, 1.82) is 0 Å². The molecule has 1 heterocycles. The van der Waals surface area contributed by atoms with Crippen molar-refractivity contribution in [3.63, 3.8) is 0 Å².